The molecule has 1 nitrogen and oxygen atoms in total. The second-order valence-electron chi connectivity index (χ2n) is 1.19. The van der Waals surface area contributed by atoms with Gasteiger partial charge in [0.15, 0.2) is 0 Å². The molecule has 0 saturated carbocycles. The van der Waals surface area contributed by atoms with Crippen LogP contribution in [0.4, 0.5) is 0 Å². The summed E-state index contributed by atoms with van der Waals surface area (Å²) in [6.07, 6.45) is 0. The number of aliphatic hydroxyl groups excluding tert-OH is 1. The van der Waals surface area contributed by atoms with Crippen LogP contribution in [-0.4, -0.2) is 30.4 Å². The number of rotatable bonds is 2. The maximum absolute atomic E-state index is 8.34. The van der Waals surface area contributed by atoms with Crippen molar-refractivity contribution in [3.05, 3.63) is 0 Å². The monoisotopic (exact) mass is 306 g/mol. The molecule has 0 aliphatic rings. The van der Waals surface area contributed by atoms with E-state index in [0.717, 1.165) is 0 Å². The first kappa shape index (κ1) is 9.94. The molecule has 1 N–H and O–H groups in total. The van der Waals surface area contributed by atoms with Crippen LogP contribution in [0, 0.1) is 0 Å². The van der Waals surface area contributed by atoms with Gasteiger partial charge in [-0.05, 0) is 0 Å². The number of hydrogen-bond donors (Lipinski definition) is 1. The van der Waals surface area contributed by atoms with E-state index in [2.05, 4.69) is 0 Å². The van der Waals surface area contributed by atoms with Crippen molar-refractivity contribution in [2.45, 2.75) is 3.32 Å². The molecule has 0 heterocycles. The van der Waals surface area contributed by atoms with Crippen LogP contribution < -0.4 is 0 Å². The summed E-state index contributed by atoms with van der Waals surface area (Å²) in [5.41, 5.74) is 0. The Balaban J connectivity index is 3.62. The fourth-order valence-electron chi connectivity index (χ4n) is 0.104. The third-order valence-electron chi connectivity index (χ3n) is 0.515. The molecule has 0 aromatic rings. The van der Waals surface area contributed by atoms with E-state index in [0.29, 0.717) is 0 Å². The van der Waals surface area contributed by atoms with Crippen LogP contribution >= 0.6 is 38.1 Å². The third-order valence-corrected chi connectivity index (χ3v) is 12.9. The fourth-order valence-corrected chi connectivity index (χ4v) is 2.08. The van der Waals surface area contributed by atoms with E-state index in [-0.39, 0.29) is 6.61 Å². The second kappa shape index (κ2) is 3.95. The zero-order chi connectivity index (χ0) is 6.78. The van der Waals surface area contributed by atoms with Crippen LogP contribution in [0.25, 0.3) is 0 Å². The van der Waals surface area contributed by atoms with E-state index in [1.807, 2.05) is 0 Å². The Bertz CT molecular complexity index is 70.9. The molecule has 0 fully saturated rings. The SMILES string of the molecule is OC[CH](Cl)[SbH]([Cl])([Cl])[Cl]. The molecule has 0 bridgehead atoms. The van der Waals surface area contributed by atoms with Gasteiger partial charge in [-0.1, -0.05) is 0 Å². The molecule has 0 aliphatic heterocycles. The van der Waals surface area contributed by atoms with Gasteiger partial charge in [0.25, 0.3) is 0 Å². The molecule has 0 aromatic heterocycles. The van der Waals surface area contributed by atoms with Gasteiger partial charge in [-0.3, -0.25) is 0 Å². The molecule has 0 saturated heterocycles. The minimum absolute atomic E-state index is 0.242. The topological polar surface area (TPSA) is 20.2 Å². The predicted octanol–water partition coefficient (Wildman–Crippen LogP) is 1.51. The van der Waals surface area contributed by atoms with E-state index in [1.54, 1.807) is 0 Å². The summed E-state index contributed by atoms with van der Waals surface area (Å²) in [7, 11) is 16.3. The van der Waals surface area contributed by atoms with E-state index in [9.17, 15) is 0 Å². The van der Waals surface area contributed by atoms with Gasteiger partial charge in [-0.15, -0.1) is 0 Å². The Kier molecular flexibility index (Phi) is 4.91. The van der Waals surface area contributed by atoms with Crippen molar-refractivity contribution in [2.75, 3.05) is 6.61 Å². The number of alkyl halides is 1. The summed E-state index contributed by atoms with van der Waals surface area (Å²) in [6, 6.07) is 0. The molecule has 0 rings (SSSR count). The Morgan fingerprint density at radius 1 is 1.38 bits per heavy atom. The van der Waals surface area contributed by atoms with E-state index >= 15 is 0 Å². The van der Waals surface area contributed by atoms with E-state index in [1.165, 1.54) is 0 Å². The minimum atomic E-state index is -3.48. The summed E-state index contributed by atoms with van der Waals surface area (Å²) < 4.78 is -0.616. The molecule has 8 heavy (non-hydrogen) atoms. The molecule has 0 aromatic carbocycles. The fraction of sp³-hybridized carbons (Fsp3) is 1.00. The van der Waals surface area contributed by atoms with Crippen molar-refractivity contribution in [3.63, 3.8) is 0 Å². The molecule has 0 aliphatic carbocycles. The van der Waals surface area contributed by atoms with Gasteiger partial charge in [0, 0.05) is 0 Å². The van der Waals surface area contributed by atoms with Crippen molar-refractivity contribution in [3.8, 4) is 0 Å². The predicted molar refractivity (Wildman–Crippen MR) is 41.4 cm³/mol. The van der Waals surface area contributed by atoms with Crippen molar-refractivity contribution in [1.82, 2.24) is 0 Å². The van der Waals surface area contributed by atoms with Gasteiger partial charge in [-0.25, -0.2) is 0 Å². The molecule has 0 spiro atoms. The quantitative estimate of drug-likeness (QED) is 0.606. The first-order valence-electron chi connectivity index (χ1n) is 1.80. The second-order valence-corrected chi connectivity index (χ2v) is 23.7. The molecule has 0 amide bonds. The van der Waals surface area contributed by atoms with Crippen LogP contribution in [0.2, 0.25) is 0 Å². The van der Waals surface area contributed by atoms with Crippen molar-refractivity contribution < 1.29 is 5.11 Å². The summed E-state index contributed by atoms with van der Waals surface area (Å²) >= 11 is 1.91. The van der Waals surface area contributed by atoms with E-state index < -0.39 is 18.7 Å². The van der Waals surface area contributed by atoms with Gasteiger partial charge in [0.1, 0.15) is 0 Å². The number of halogens is 4. The van der Waals surface area contributed by atoms with Crippen molar-refractivity contribution >= 4 is 53.5 Å². The first-order chi connectivity index (χ1) is 3.48. The van der Waals surface area contributed by atoms with Gasteiger partial charge < -0.3 is 0 Å². The Hall–Kier alpha value is 1.94. The average Bonchev–Trinajstić information content (AvgIpc) is 1.62. The maximum atomic E-state index is 8.34. The van der Waals surface area contributed by atoms with Crippen LogP contribution in [0.3, 0.4) is 0 Å². The molecule has 52 valence electrons. The molecular formula is C2H5Cl4OSb. The molecule has 6 heteroatoms. The number of hydrogen-bond acceptors (Lipinski definition) is 1. The zero-order valence-corrected chi connectivity index (χ0v) is 9.62. The first-order valence-corrected chi connectivity index (χ1v) is 14.7. The van der Waals surface area contributed by atoms with Gasteiger partial charge in [0.05, 0.1) is 0 Å². The molecule has 1 atom stereocenters. The summed E-state index contributed by atoms with van der Waals surface area (Å²) in [5.74, 6) is 0. The average molecular weight is 309 g/mol. The third kappa shape index (κ3) is 3.87. The Morgan fingerprint density at radius 3 is 1.75 bits per heavy atom. The van der Waals surface area contributed by atoms with Crippen LogP contribution in [0.15, 0.2) is 0 Å². The summed E-state index contributed by atoms with van der Waals surface area (Å²) in [4.78, 5) is 0. The number of aliphatic hydroxyl groups is 1. The van der Waals surface area contributed by atoms with Gasteiger partial charge >= 0.3 is 68.5 Å². The summed E-state index contributed by atoms with van der Waals surface area (Å²) in [5, 5.41) is 8.34. The van der Waals surface area contributed by atoms with Crippen LogP contribution in [0.1, 0.15) is 0 Å². The normalized spacial score (nSPS) is 18.1. The van der Waals surface area contributed by atoms with Crippen molar-refractivity contribution in [1.29, 1.82) is 0 Å². The molecule has 1 unspecified atom stereocenters. The van der Waals surface area contributed by atoms with E-state index in [4.69, 9.17) is 43.2 Å². The summed E-state index contributed by atoms with van der Waals surface area (Å²) in [6.45, 7) is -0.242. The van der Waals surface area contributed by atoms with Crippen LogP contribution in [0.5, 0.6) is 0 Å². The zero-order valence-electron chi connectivity index (χ0n) is 3.74. The standard InChI is InChI=1S/C2H4ClO.3ClH.Sb.H/c3-1-2-4;;;;;/h1,4H,2H2;3*1H;;/q;;;;+3;/p-3. The van der Waals surface area contributed by atoms with Gasteiger partial charge in [-0.2, -0.15) is 0 Å². The molecular weight excluding hydrogens is 304 g/mol. The Morgan fingerprint density at radius 2 is 1.75 bits per heavy atom. The Labute approximate surface area is 67.9 Å². The van der Waals surface area contributed by atoms with Crippen LogP contribution in [-0.2, 0) is 0 Å². The molecule has 0 radical (unpaired) electrons. The van der Waals surface area contributed by atoms with Crippen molar-refractivity contribution in [2.24, 2.45) is 0 Å². The van der Waals surface area contributed by atoms with Gasteiger partial charge in [0.2, 0.25) is 0 Å².